The first-order chi connectivity index (χ1) is 9.15. The maximum atomic E-state index is 6.18. The van der Waals surface area contributed by atoms with Gasteiger partial charge in [0.25, 0.3) is 0 Å². The van der Waals surface area contributed by atoms with E-state index in [2.05, 4.69) is 16.9 Å². The molecule has 1 aromatic carbocycles. The zero-order valence-corrected chi connectivity index (χ0v) is 11.8. The van der Waals surface area contributed by atoms with Crippen LogP contribution in [0.3, 0.4) is 0 Å². The molecule has 2 rings (SSSR count). The molecule has 0 aliphatic heterocycles. The highest BCUT2D eigenvalue weighted by Gasteiger charge is 2.05. The molecule has 2 aromatic rings. The maximum Gasteiger partial charge on any atom is 0.0471 e. The number of nitrogens with zero attached hydrogens (tertiary/aromatic N) is 2. The monoisotopic (exact) mass is 275 g/mol. The quantitative estimate of drug-likeness (QED) is 0.853. The minimum atomic E-state index is 0.702. The van der Waals surface area contributed by atoms with Crippen molar-refractivity contribution in [3.63, 3.8) is 0 Å². The van der Waals surface area contributed by atoms with Crippen molar-refractivity contribution in [1.82, 2.24) is 9.88 Å². The van der Waals surface area contributed by atoms with Gasteiger partial charge in [-0.3, -0.25) is 4.98 Å². The Hall–Kier alpha value is -1.58. The van der Waals surface area contributed by atoms with Crippen LogP contribution in [0.2, 0.25) is 5.02 Å². The van der Waals surface area contributed by atoms with E-state index in [0.717, 1.165) is 30.1 Å². The number of anilines is 1. The summed E-state index contributed by atoms with van der Waals surface area (Å²) < 4.78 is 0. The van der Waals surface area contributed by atoms with Gasteiger partial charge in [0.05, 0.1) is 0 Å². The number of pyridine rings is 1. The number of rotatable bonds is 5. The lowest BCUT2D eigenvalue weighted by molar-refractivity contribution is 0.331. The Kier molecular flexibility index (Phi) is 4.77. The molecule has 3 nitrogen and oxygen atoms in total. The second-order valence-corrected chi connectivity index (χ2v) is 5.10. The number of likely N-dealkylation sites (N-methyl/N-ethyl adjacent to an activating group) is 1. The van der Waals surface area contributed by atoms with Crippen LogP contribution in [0.15, 0.2) is 42.7 Å². The van der Waals surface area contributed by atoms with Crippen LogP contribution in [0.1, 0.15) is 11.1 Å². The lowest BCUT2D eigenvalue weighted by Crippen LogP contribution is -2.21. The number of nitrogen functional groups attached to an aromatic ring is 1. The van der Waals surface area contributed by atoms with E-state index >= 15 is 0 Å². The Morgan fingerprint density at radius 3 is 2.63 bits per heavy atom. The summed E-state index contributed by atoms with van der Waals surface area (Å²) in [5, 5.41) is 0.732. The Morgan fingerprint density at radius 1 is 1.21 bits per heavy atom. The summed E-state index contributed by atoms with van der Waals surface area (Å²) in [6.07, 6.45) is 4.66. The second-order valence-electron chi connectivity index (χ2n) is 4.69. The molecule has 0 fully saturated rings. The molecule has 0 aliphatic carbocycles. The van der Waals surface area contributed by atoms with Crippen LogP contribution in [0.5, 0.6) is 0 Å². The summed E-state index contributed by atoms with van der Waals surface area (Å²) in [6, 6.07) is 9.76. The molecule has 0 atom stereocenters. The average Bonchev–Trinajstić information content (AvgIpc) is 2.41. The Balaban J connectivity index is 1.89. The van der Waals surface area contributed by atoms with Crippen molar-refractivity contribution in [3.05, 3.63) is 58.9 Å². The highest BCUT2D eigenvalue weighted by Crippen LogP contribution is 2.20. The van der Waals surface area contributed by atoms with Gasteiger partial charge in [0, 0.05) is 36.2 Å². The standard InChI is InChI=1S/C15H18ClN3/c1-19(9-6-12-4-7-18-8-5-12)11-13-2-3-14(17)10-15(13)16/h2-5,7-8,10H,6,9,11,17H2,1H3. The summed E-state index contributed by atoms with van der Waals surface area (Å²) in [4.78, 5) is 6.27. The summed E-state index contributed by atoms with van der Waals surface area (Å²) >= 11 is 6.18. The van der Waals surface area contributed by atoms with Gasteiger partial charge in [-0.25, -0.2) is 0 Å². The lowest BCUT2D eigenvalue weighted by atomic mass is 10.1. The molecule has 0 amide bonds. The number of halogens is 1. The first kappa shape index (κ1) is 13.8. The van der Waals surface area contributed by atoms with E-state index < -0.39 is 0 Å². The van der Waals surface area contributed by atoms with Crippen molar-refractivity contribution in [2.45, 2.75) is 13.0 Å². The van der Waals surface area contributed by atoms with Gasteiger partial charge in [0.1, 0.15) is 0 Å². The zero-order chi connectivity index (χ0) is 13.7. The van der Waals surface area contributed by atoms with Crippen LogP contribution in [0.4, 0.5) is 5.69 Å². The third kappa shape index (κ3) is 4.23. The van der Waals surface area contributed by atoms with Gasteiger partial charge in [0.2, 0.25) is 0 Å². The van der Waals surface area contributed by atoms with Crippen molar-refractivity contribution in [2.75, 3.05) is 19.3 Å². The first-order valence-electron chi connectivity index (χ1n) is 6.26. The smallest absolute Gasteiger partial charge is 0.0471 e. The SMILES string of the molecule is CN(CCc1ccncc1)Cc1ccc(N)cc1Cl. The van der Waals surface area contributed by atoms with Gasteiger partial charge < -0.3 is 10.6 Å². The van der Waals surface area contributed by atoms with E-state index in [-0.39, 0.29) is 0 Å². The van der Waals surface area contributed by atoms with Crippen LogP contribution >= 0.6 is 11.6 Å². The second kappa shape index (κ2) is 6.55. The molecule has 0 aliphatic rings. The molecule has 1 heterocycles. The normalized spacial score (nSPS) is 10.9. The van der Waals surface area contributed by atoms with Gasteiger partial charge in [0.15, 0.2) is 0 Å². The molecule has 0 radical (unpaired) electrons. The molecule has 0 unspecified atom stereocenters. The van der Waals surface area contributed by atoms with E-state index in [0.29, 0.717) is 5.69 Å². The average molecular weight is 276 g/mol. The van der Waals surface area contributed by atoms with E-state index in [4.69, 9.17) is 17.3 Å². The fraction of sp³-hybridized carbons (Fsp3) is 0.267. The van der Waals surface area contributed by atoms with Gasteiger partial charge in [-0.1, -0.05) is 17.7 Å². The van der Waals surface area contributed by atoms with Crippen LogP contribution < -0.4 is 5.73 Å². The highest BCUT2D eigenvalue weighted by atomic mass is 35.5. The van der Waals surface area contributed by atoms with Crippen LogP contribution in [0.25, 0.3) is 0 Å². The van der Waals surface area contributed by atoms with Crippen molar-refractivity contribution in [2.24, 2.45) is 0 Å². The molecule has 19 heavy (non-hydrogen) atoms. The van der Waals surface area contributed by atoms with Crippen molar-refractivity contribution < 1.29 is 0 Å². The summed E-state index contributed by atoms with van der Waals surface area (Å²) in [5.41, 5.74) is 8.79. The number of nitrogens with two attached hydrogens (primary N) is 1. The first-order valence-corrected chi connectivity index (χ1v) is 6.64. The Labute approximate surface area is 119 Å². The molecular formula is C15H18ClN3. The Bertz CT molecular complexity index is 528. The van der Waals surface area contributed by atoms with E-state index in [1.807, 2.05) is 36.7 Å². The van der Waals surface area contributed by atoms with Crippen LogP contribution in [-0.2, 0) is 13.0 Å². The number of hydrogen-bond acceptors (Lipinski definition) is 3. The maximum absolute atomic E-state index is 6.18. The van der Waals surface area contributed by atoms with Crippen molar-refractivity contribution in [1.29, 1.82) is 0 Å². The fourth-order valence-corrected chi connectivity index (χ4v) is 2.18. The van der Waals surface area contributed by atoms with E-state index in [1.54, 1.807) is 6.07 Å². The van der Waals surface area contributed by atoms with Crippen molar-refractivity contribution in [3.8, 4) is 0 Å². The molecule has 0 spiro atoms. The van der Waals surface area contributed by atoms with Gasteiger partial charge >= 0.3 is 0 Å². The molecule has 0 saturated carbocycles. The summed E-state index contributed by atoms with van der Waals surface area (Å²) in [7, 11) is 2.09. The summed E-state index contributed by atoms with van der Waals surface area (Å²) in [6.45, 7) is 1.80. The number of benzene rings is 1. The van der Waals surface area contributed by atoms with Crippen LogP contribution in [-0.4, -0.2) is 23.5 Å². The Morgan fingerprint density at radius 2 is 1.95 bits per heavy atom. The largest absolute Gasteiger partial charge is 0.399 e. The third-order valence-corrected chi connectivity index (χ3v) is 3.40. The topological polar surface area (TPSA) is 42.2 Å². The molecular weight excluding hydrogens is 258 g/mol. The summed E-state index contributed by atoms with van der Waals surface area (Å²) in [5.74, 6) is 0. The predicted octanol–water partition coefficient (Wildman–Crippen LogP) is 2.99. The highest BCUT2D eigenvalue weighted by molar-refractivity contribution is 6.31. The molecule has 2 N–H and O–H groups in total. The van der Waals surface area contributed by atoms with Gasteiger partial charge in [-0.15, -0.1) is 0 Å². The molecule has 100 valence electrons. The fourth-order valence-electron chi connectivity index (χ4n) is 1.93. The van der Waals surface area contributed by atoms with E-state index in [9.17, 15) is 0 Å². The minimum Gasteiger partial charge on any atom is -0.399 e. The molecule has 1 aromatic heterocycles. The molecule has 0 bridgehead atoms. The number of aromatic nitrogens is 1. The lowest BCUT2D eigenvalue weighted by Gasteiger charge is -2.17. The number of hydrogen-bond donors (Lipinski definition) is 1. The third-order valence-electron chi connectivity index (χ3n) is 3.05. The van der Waals surface area contributed by atoms with Crippen molar-refractivity contribution >= 4 is 17.3 Å². The minimum absolute atomic E-state index is 0.702. The molecule has 4 heteroatoms. The predicted molar refractivity (Wildman–Crippen MR) is 80.1 cm³/mol. The molecule has 0 saturated heterocycles. The van der Waals surface area contributed by atoms with Gasteiger partial charge in [-0.2, -0.15) is 0 Å². The van der Waals surface area contributed by atoms with E-state index in [1.165, 1.54) is 5.56 Å². The van der Waals surface area contributed by atoms with Gasteiger partial charge in [-0.05, 0) is 48.9 Å². The van der Waals surface area contributed by atoms with Crippen LogP contribution in [0, 0.1) is 0 Å². The zero-order valence-electron chi connectivity index (χ0n) is 11.0.